The van der Waals surface area contributed by atoms with E-state index in [0.717, 1.165) is 60.4 Å². The molecule has 1 heterocycles. The summed E-state index contributed by atoms with van der Waals surface area (Å²) in [6, 6.07) is 24.4. The smallest absolute Gasteiger partial charge is 0.290 e. The fourth-order valence-electron chi connectivity index (χ4n) is 6.05. The SMILES string of the molecule is NCCCC[C@H](NC(=O)Cc1cccc2ccccc12)C(=O)Nc1ccc(CN(C(=O)c2ccco2)C2CCCCC2)cc1. The molecule has 1 atom stereocenters. The molecule has 0 spiro atoms. The molecule has 1 saturated carbocycles. The van der Waals surface area contributed by atoms with Gasteiger partial charge in [-0.1, -0.05) is 73.9 Å². The molecule has 4 N–H and O–H groups in total. The number of hydrogen-bond donors (Lipinski definition) is 3. The average molecular weight is 595 g/mol. The van der Waals surface area contributed by atoms with Gasteiger partial charge in [0, 0.05) is 18.3 Å². The summed E-state index contributed by atoms with van der Waals surface area (Å²) in [6.45, 7) is 0.990. The number of rotatable bonds is 13. The van der Waals surface area contributed by atoms with Gasteiger partial charge in [-0.15, -0.1) is 0 Å². The van der Waals surface area contributed by atoms with Crippen molar-refractivity contribution in [2.24, 2.45) is 5.73 Å². The lowest BCUT2D eigenvalue weighted by Gasteiger charge is -2.34. The number of nitrogens with one attached hydrogen (secondary N) is 2. The van der Waals surface area contributed by atoms with Crippen molar-refractivity contribution in [3.8, 4) is 0 Å². The maximum Gasteiger partial charge on any atom is 0.290 e. The molecule has 230 valence electrons. The third-order valence-corrected chi connectivity index (χ3v) is 8.41. The van der Waals surface area contributed by atoms with Gasteiger partial charge in [0.1, 0.15) is 6.04 Å². The number of carbonyl (C=O) groups is 3. The van der Waals surface area contributed by atoms with Crippen molar-refractivity contribution in [2.45, 2.75) is 76.4 Å². The second kappa shape index (κ2) is 15.3. The molecular formula is C36H42N4O4. The number of benzene rings is 3. The molecule has 0 bridgehead atoms. The number of fused-ring (bicyclic) bond motifs is 1. The summed E-state index contributed by atoms with van der Waals surface area (Å²) >= 11 is 0. The number of nitrogens with two attached hydrogens (primary N) is 1. The molecule has 1 fully saturated rings. The molecule has 1 aliphatic carbocycles. The first kappa shape index (κ1) is 31.0. The zero-order chi connectivity index (χ0) is 30.7. The summed E-state index contributed by atoms with van der Waals surface area (Å²) in [7, 11) is 0. The lowest BCUT2D eigenvalue weighted by atomic mass is 9.93. The third-order valence-electron chi connectivity index (χ3n) is 8.41. The van der Waals surface area contributed by atoms with Crippen molar-refractivity contribution in [3.63, 3.8) is 0 Å². The monoisotopic (exact) mass is 594 g/mol. The maximum absolute atomic E-state index is 13.4. The molecule has 0 aliphatic heterocycles. The summed E-state index contributed by atoms with van der Waals surface area (Å²) in [5.41, 5.74) is 8.22. The summed E-state index contributed by atoms with van der Waals surface area (Å²) in [6.07, 6.45) is 9.10. The van der Waals surface area contributed by atoms with Gasteiger partial charge in [0.05, 0.1) is 12.7 Å². The molecule has 0 unspecified atom stereocenters. The Hall–Kier alpha value is -4.43. The maximum atomic E-state index is 13.4. The Morgan fingerprint density at radius 3 is 2.41 bits per heavy atom. The summed E-state index contributed by atoms with van der Waals surface area (Å²) < 4.78 is 5.43. The van der Waals surface area contributed by atoms with Crippen LogP contribution in [-0.4, -0.2) is 41.2 Å². The molecular weight excluding hydrogens is 552 g/mol. The van der Waals surface area contributed by atoms with Crippen LogP contribution in [0.1, 0.15) is 73.0 Å². The van der Waals surface area contributed by atoms with E-state index in [9.17, 15) is 14.4 Å². The largest absolute Gasteiger partial charge is 0.459 e. The summed E-state index contributed by atoms with van der Waals surface area (Å²) in [5.74, 6) is -0.215. The molecule has 3 aromatic carbocycles. The lowest BCUT2D eigenvalue weighted by Crippen LogP contribution is -2.44. The predicted octanol–water partition coefficient (Wildman–Crippen LogP) is 6.20. The summed E-state index contributed by atoms with van der Waals surface area (Å²) in [5, 5.41) is 8.04. The van der Waals surface area contributed by atoms with Crippen LogP contribution < -0.4 is 16.4 Å². The van der Waals surface area contributed by atoms with Crippen LogP contribution in [0, 0.1) is 0 Å². The van der Waals surface area contributed by atoms with E-state index in [-0.39, 0.29) is 30.2 Å². The predicted molar refractivity (Wildman–Crippen MR) is 173 cm³/mol. The Bertz CT molecular complexity index is 1520. The van der Waals surface area contributed by atoms with Gasteiger partial charge in [0.25, 0.3) is 5.91 Å². The van der Waals surface area contributed by atoms with Crippen LogP contribution in [0.25, 0.3) is 10.8 Å². The van der Waals surface area contributed by atoms with E-state index >= 15 is 0 Å². The second-order valence-corrected chi connectivity index (χ2v) is 11.6. The fraction of sp³-hybridized carbons (Fsp3) is 0.361. The van der Waals surface area contributed by atoms with Gasteiger partial charge in [-0.05, 0) is 84.8 Å². The number of unbranched alkanes of at least 4 members (excludes halogenated alkanes) is 1. The van der Waals surface area contributed by atoms with Crippen molar-refractivity contribution in [1.82, 2.24) is 10.2 Å². The van der Waals surface area contributed by atoms with E-state index in [4.69, 9.17) is 10.2 Å². The third kappa shape index (κ3) is 8.14. The molecule has 0 saturated heterocycles. The van der Waals surface area contributed by atoms with Crippen molar-refractivity contribution in [2.75, 3.05) is 11.9 Å². The minimum atomic E-state index is -0.684. The van der Waals surface area contributed by atoms with Crippen LogP contribution in [0.4, 0.5) is 5.69 Å². The first-order chi connectivity index (χ1) is 21.5. The Balaban J connectivity index is 1.23. The molecule has 3 amide bonds. The van der Waals surface area contributed by atoms with Crippen LogP contribution >= 0.6 is 0 Å². The first-order valence-corrected chi connectivity index (χ1v) is 15.7. The normalized spacial score (nSPS) is 14.2. The Labute approximate surface area is 259 Å². The van der Waals surface area contributed by atoms with Crippen molar-refractivity contribution >= 4 is 34.2 Å². The van der Waals surface area contributed by atoms with Crippen molar-refractivity contribution in [3.05, 3.63) is 102 Å². The van der Waals surface area contributed by atoms with Gasteiger partial charge in [-0.25, -0.2) is 0 Å². The Kier molecular flexibility index (Phi) is 10.8. The highest BCUT2D eigenvalue weighted by atomic mass is 16.3. The van der Waals surface area contributed by atoms with Crippen molar-refractivity contribution in [1.29, 1.82) is 0 Å². The van der Waals surface area contributed by atoms with E-state index < -0.39 is 6.04 Å². The highest BCUT2D eigenvalue weighted by Gasteiger charge is 2.28. The minimum absolute atomic E-state index is 0.0983. The van der Waals surface area contributed by atoms with Crippen LogP contribution in [0.5, 0.6) is 0 Å². The molecule has 5 rings (SSSR count). The van der Waals surface area contributed by atoms with Gasteiger partial charge >= 0.3 is 0 Å². The standard InChI is InChI=1S/C36H42N4O4/c37-22-7-6-16-32(39-34(41)24-28-12-8-11-27-10-4-5-15-31(27)28)35(42)38-29-20-18-26(19-21-29)25-40(30-13-2-1-3-14-30)36(43)33-17-9-23-44-33/h4-5,8-12,15,17-21,23,30,32H,1-3,6-7,13-14,16,22,24-25,37H2,(H,38,42)(H,39,41)/t32-/m0/s1. The van der Waals surface area contributed by atoms with Crippen LogP contribution in [-0.2, 0) is 22.6 Å². The summed E-state index contributed by atoms with van der Waals surface area (Å²) in [4.78, 5) is 41.7. The molecule has 8 heteroatoms. The Morgan fingerprint density at radius 2 is 1.66 bits per heavy atom. The van der Waals surface area contributed by atoms with Gasteiger partial charge in [0.15, 0.2) is 5.76 Å². The van der Waals surface area contributed by atoms with Crippen LogP contribution in [0.3, 0.4) is 0 Å². The van der Waals surface area contributed by atoms with Crippen LogP contribution in [0.2, 0.25) is 0 Å². The number of carbonyl (C=O) groups excluding carboxylic acids is 3. The topological polar surface area (TPSA) is 118 Å². The molecule has 1 aromatic heterocycles. The highest BCUT2D eigenvalue weighted by Crippen LogP contribution is 2.26. The zero-order valence-corrected chi connectivity index (χ0v) is 25.2. The van der Waals surface area contributed by atoms with E-state index in [0.29, 0.717) is 31.0 Å². The number of furan rings is 1. The molecule has 0 radical (unpaired) electrons. The molecule has 1 aliphatic rings. The second-order valence-electron chi connectivity index (χ2n) is 11.6. The van der Waals surface area contributed by atoms with Gasteiger partial charge in [0.2, 0.25) is 11.8 Å². The quantitative estimate of drug-likeness (QED) is 0.159. The minimum Gasteiger partial charge on any atom is -0.459 e. The molecule has 8 nitrogen and oxygen atoms in total. The van der Waals surface area contributed by atoms with E-state index in [1.807, 2.05) is 71.6 Å². The van der Waals surface area contributed by atoms with E-state index in [1.54, 1.807) is 12.1 Å². The number of hydrogen-bond acceptors (Lipinski definition) is 5. The van der Waals surface area contributed by atoms with Crippen molar-refractivity contribution < 1.29 is 18.8 Å². The average Bonchev–Trinajstić information content (AvgIpc) is 3.60. The van der Waals surface area contributed by atoms with Gasteiger partial charge in [-0.2, -0.15) is 0 Å². The van der Waals surface area contributed by atoms with Crippen LogP contribution in [0.15, 0.2) is 89.5 Å². The van der Waals surface area contributed by atoms with E-state index in [1.165, 1.54) is 12.7 Å². The number of amides is 3. The first-order valence-electron chi connectivity index (χ1n) is 15.7. The highest BCUT2D eigenvalue weighted by molar-refractivity contribution is 5.98. The number of nitrogens with zero attached hydrogens (tertiary/aromatic N) is 1. The zero-order valence-electron chi connectivity index (χ0n) is 25.2. The Morgan fingerprint density at radius 1 is 0.886 bits per heavy atom. The molecule has 44 heavy (non-hydrogen) atoms. The lowest BCUT2D eigenvalue weighted by molar-refractivity contribution is -0.126. The van der Waals surface area contributed by atoms with Gasteiger partial charge < -0.3 is 25.7 Å². The van der Waals surface area contributed by atoms with Gasteiger partial charge in [-0.3, -0.25) is 14.4 Å². The van der Waals surface area contributed by atoms with E-state index in [2.05, 4.69) is 10.6 Å². The number of anilines is 1. The fourth-order valence-corrected chi connectivity index (χ4v) is 6.05. The molecule has 4 aromatic rings.